The Balaban J connectivity index is 2.64. The summed E-state index contributed by atoms with van der Waals surface area (Å²) in [7, 11) is 0. The molecule has 72 valence electrons. The predicted octanol–water partition coefficient (Wildman–Crippen LogP) is 2.88. The van der Waals surface area contributed by atoms with Crippen LogP contribution in [0.25, 0.3) is 5.69 Å². The summed E-state index contributed by atoms with van der Waals surface area (Å²) in [5, 5.41) is 5.21. The molecule has 0 atom stereocenters. The first-order valence-electron chi connectivity index (χ1n) is 3.99. The Bertz CT molecular complexity index is 428. The van der Waals surface area contributed by atoms with Gasteiger partial charge in [-0.3, -0.25) is 0 Å². The topological polar surface area (TPSA) is 30.7 Å². The Morgan fingerprint density at radius 3 is 2.64 bits per heavy atom. The molecule has 0 unspecified atom stereocenters. The molecule has 0 fully saturated rings. The van der Waals surface area contributed by atoms with Gasteiger partial charge in [0.15, 0.2) is 0 Å². The molecule has 1 heterocycles. The highest BCUT2D eigenvalue weighted by atomic mass is 35.5. The zero-order valence-corrected chi connectivity index (χ0v) is 8.92. The molecule has 1 aromatic heterocycles. The van der Waals surface area contributed by atoms with Gasteiger partial charge in [0.05, 0.1) is 10.7 Å². The molecule has 2 aromatic rings. The summed E-state index contributed by atoms with van der Waals surface area (Å²) in [5.74, 6) is 0. The van der Waals surface area contributed by atoms with E-state index in [2.05, 4.69) is 10.1 Å². The Morgan fingerprint density at radius 2 is 2.07 bits per heavy atom. The summed E-state index contributed by atoms with van der Waals surface area (Å²) >= 11 is 11.9. The van der Waals surface area contributed by atoms with Gasteiger partial charge in [-0.25, -0.2) is 9.67 Å². The molecule has 0 N–H and O–H groups in total. The molecule has 0 radical (unpaired) electrons. The van der Waals surface area contributed by atoms with Crippen molar-refractivity contribution in [1.29, 1.82) is 0 Å². The maximum absolute atomic E-state index is 6.05. The smallest absolute Gasteiger partial charge is 0.138 e. The Hall–Kier alpha value is -1.06. The average molecular weight is 228 g/mol. The fraction of sp³-hybridized carbons (Fsp3) is 0.111. The first-order valence-corrected chi connectivity index (χ1v) is 4.74. The molecule has 14 heavy (non-hydrogen) atoms. The SMILES string of the molecule is Cc1cc(Cl)cc(Cl)c1-n1cncn1. The maximum Gasteiger partial charge on any atom is 0.138 e. The van der Waals surface area contributed by atoms with Crippen molar-refractivity contribution in [1.82, 2.24) is 14.8 Å². The van der Waals surface area contributed by atoms with Gasteiger partial charge in [0, 0.05) is 5.02 Å². The van der Waals surface area contributed by atoms with Crippen LogP contribution in [0.2, 0.25) is 10.0 Å². The standard InChI is InChI=1S/C9H7Cl2N3/c1-6-2-7(10)3-8(11)9(6)14-5-12-4-13-14/h2-5H,1H3. The van der Waals surface area contributed by atoms with Crippen LogP contribution in [0, 0.1) is 6.92 Å². The molecule has 0 saturated heterocycles. The van der Waals surface area contributed by atoms with E-state index in [1.807, 2.05) is 13.0 Å². The van der Waals surface area contributed by atoms with Crippen molar-refractivity contribution in [3.8, 4) is 5.69 Å². The van der Waals surface area contributed by atoms with Gasteiger partial charge in [0.1, 0.15) is 12.7 Å². The van der Waals surface area contributed by atoms with Gasteiger partial charge in [-0.15, -0.1) is 0 Å². The van der Waals surface area contributed by atoms with Gasteiger partial charge < -0.3 is 0 Å². The van der Waals surface area contributed by atoms with Crippen LogP contribution in [0.15, 0.2) is 24.8 Å². The van der Waals surface area contributed by atoms with Crippen molar-refractivity contribution in [2.75, 3.05) is 0 Å². The number of rotatable bonds is 1. The molecule has 2 rings (SSSR count). The molecule has 0 aliphatic carbocycles. The Labute approximate surface area is 91.3 Å². The first-order chi connectivity index (χ1) is 6.68. The van der Waals surface area contributed by atoms with E-state index in [1.54, 1.807) is 17.1 Å². The maximum atomic E-state index is 6.05. The zero-order valence-electron chi connectivity index (χ0n) is 7.41. The average Bonchev–Trinajstić information content (AvgIpc) is 2.54. The third-order valence-corrected chi connectivity index (χ3v) is 2.37. The minimum absolute atomic E-state index is 0.570. The Morgan fingerprint density at radius 1 is 1.29 bits per heavy atom. The number of benzene rings is 1. The number of hydrogen-bond donors (Lipinski definition) is 0. The van der Waals surface area contributed by atoms with Crippen molar-refractivity contribution in [2.24, 2.45) is 0 Å². The second-order valence-electron chi connectivity index (χ2n) is 2.89. The van der Waals surface area contributed by atoms with E-state index in [0.717, 1.165) is 11.3 Å². The first kappa shape index (κ1) is 9.49. The van der Waals surface area contributed by atoms with Crippen LogP contribution in [0.5, 0.6) is 0 Å². The van der Waals surface area contributed by atoms with Crippen LogP contribution in [-0.2, 0) is 0 Å². The summed E-state index contributed by atoms with van der Waals surface area (Å²) < 4.78 is 1.62. The highest BCUT2D eigenvalue weighted by molar-refractivity contribution is 6.36. The number of aryl methyl sites for hydroxylation is 1. The number of halogens is 2. The minimum Gasteiger partial charge on any atom is -0.223 e. The van der Waals surface area contributed by atoms with Gasteiger partial charge in [-0.1, -0.05) is 23.2 Å². The molecule has 5 heteroatoms. The monoisotopic (exact) mass is 227 g/mol. The van der Waals surface area contributed by atoms with E-state index < -0.39 is 0 Å². The molecule has 0 aliphatic heterocycles. The quantitative estimate of drug-likeness (QED) is 0.751. The van der Waals surface area contributed by atoms with Gasteiger partial charge in [-0.2, -0.15) is 5.10 Å². The van der Waals surface area contributed by atoms with Crippen LogP contribution in [0.3, 0.4) is 0 Å². The van der Waals surface area contributed by atoms with E-state index in [0.29, 0.717) is 10.0 Å². The Kier molecular flexibility index (Phi) is 2.44. The number of hydrogen-bond acceptors (Lipinski definition) is 2. The zero-order chi connectivity index (χ0) is 10.1. The molecular weight excluding hydrogens is 221 g/mol. The van der Waals surface area contributed by atoms with Crippen LogP contribution in [0.1, 0.15) is 5.56 Å². The van der Waals surface area contributed by atoms with Gasteiger partial charge in [-0.05, 0) is 24.6 Å². The second-order valence-corrected chi connectivity index (χ2v) is 3.74. The van der Waals surface area contributed by atoms with Crippen molar-refractivity contribution >= 4 is 23.2 Å². The van der Waals surface area contributed by atoms with Crippen LogP contribution in [-0.4, -0.2) is 14.8 Å². The number of nitrogens with zero attached hydrogens (tertiary/aromatic N) is 3. The lowest BCUT2D eigenvalue weighted by Gasteiger charge is -2.07. The summed E-state index contributed by atoms with van der Waals surface area (Å²) in [6.45, 7) is 1.93. The molecule has 0 bridgehead atoms. The fourth-order valence-corrected chi connectivity index (χ4v) is 1.99. The summed E-state index contributed by atoms with van der Waals surface area (Å²) in [4.78, 5) is 3.86. The summed E-state index contributed by atoms with van der Waals surface area (Å²) in [6, 6.07) is 3.53. The van der Waals surface area contributed by atoms with E-state index in [9.17, 15) is 0 Å². The molecular formula is C9H7Cl2N3. The lowest BCUT2D eigenvalue weighted by molar-refractivity contribution is 0.871. The second kappa shape index (κ2) is 3.59. The van der Waals surface area contributed by atoms with Crippen LogP contribution in [0.4, 0.5) is 0 Å². The van der Waals surface area contributed by atoms with Crippen molar-refractivity contribution in [2.45, 2.75) is 6.92 Å². The summed E-state index contributed by atoms with van der Waals surface area (Å²) in [6.07, 6.45) is 3.06. The van der Waals surface area contributed by atoms with Gasteiger partial charge >= 0.3 is 0 Å². The molecule has 0 amide bonds. The highest BCUT2D eigenvalue weighted by Gasteiger charge is 2.08. The lowest BCUT2D eigenvalue weighted by atomic mass is 10.2. The lowest BCUT2D eigenvalue weighted by Crippen LogP contribution is -1.98. The third kappa shape index (κ3) is 1.61. The third-order valence-electron chi connectivity index (χ3n) is 1.87. The fourth-order valence-electron chi connectivity index (χ4n) is 1.31. The van der Waals surface area contributed by atoms with Crippen molar-refractivity contribution in [3.63, 3.8) is 0 Å². The van der Waals surface area contributed by atoms with E-state index in [-0.39, 0.29) is 0 Å². The minimum atomic E-state index is 0.570. The van der Waals surface area contributed by atoms with E-state index in [4.69, 9.17) is 23.2 Å². The molecule has 1 aromatic carbocycles. The van der Waals surface area contributed by atoms with Gasteiger partial charge in [0.25, 0.3) is 0 Å². The van der Waals surface area contributed by atoms with Crippen molar-refractivity contribution < 1.29 is 0 Å². The van der Waals surface area contributed by atoms with Crippen LogP contribution < -0.4 is 0 Å². The summed E-state index contributed by atoms with van der Waals surface area (Å²) in [5.41, 5.74) is 1.78. The molecule has 0 aliphatic rings. The molecule has 0 saturated carbocycles. The number of aromatic nitrogens is 3. The predicted molar refractivity (Wildman–Crippen MR) is 56.1 cm³/mol. The van der Waals surface area contributed by atoms with E-state index >= 15 is 0 Å². The van der Waals surface area contributed by atoms with E-state index in [1.165, 1.54) is 6.33 Å². The van der Waals surface area contributed by atoms with Crippen molar-refractivity contribution in [3.05, 3.63) is 40.4 Å². The molecule has 0 spiro atoms. The molecule has 3 nitrogen and oxygen atoms in total. The highest BCUT2D eigenvalue weighted by Crippen LogP contribution is 2.27. The van der Waals surface area contributed by atoms with Gasteiger partial charge in [0.2, 0.25) is 0 Å². The normalized spacial score (nSPS) is 10.5. The van der Waals surface area contributed by atoms with Crippen LogP contribution >= 0.6 is 23.2 Å². The largest absolute Gasteiger partial charge is 0.223 e.